The Labute approximate surface area is 332 Å². The van der Waals surface area contributed by atoms with Gasteiger partial charge in [0, 0.05) is 79.3 Å². The predicted molar refractivity (Wildman–Crippen MR) is 217 cm³/mol. The number of rotatable bonds is 14. The largest absolute Gasteiger partial charge is 0.496 e. The van der Waals surface area contributed by atoms with Gasteiger partial charge in [0.1, 0.15) is 30.5 Å². The van der Waals surface area contributed by atoms with E-state index in [-0.39, 0.29) is 18.2 Å². The van der Waals surface area contributed by atoms with Gasteiger partial charge in [-0.2, -0.15) is 0 Å². The first kappa shape index (κ1) is 39.5. The summed E-state index contributed by atoms with van der Waals surface area (Å²) in [4.78, 5) is 50.1. The van der Waals surface area contributed by atoms with Gasteiger partial charge in [-0.25, -0.2) is 9.97 Å². The molecule has 0 radical (unpaired) electrons. The highest BCUT2D eigenvalue weighted by Gasteiger charge is 2.39. The van der Waals surface area contributed by atoms with E-state index >= 15 is 0 Å². The van der Waals surface area contributed by atoms with E-state index in [4.69, 9.17) is 26.1 Å². The third-order valence-electron chi connectivity index (χ3n) is 10.8. The first-order valence-electron chi connectivity index (χ1n) is 19.2. The molecule has 56 heavy (non-hydrogen) atoms. The quantitative estimate of drug-likeness (QED) is 0.0974. The van der Waals surface area contributed by atoms with Gasteiger partial charge in [-0.15, -0.1) is 0 Å². The molecule has 2 fully saturated rings. The lowest BCUT2D eigenvalue weighted by Crippen LogP contribution is -2.52. The zero-order valence-electron chi connectivity index (χ0n) is 32.1. The molecule has 12 nitrogen and oxygen atoms in total. The van der Waals surface area contributed by atoms with Crippen molar-refractivity contribution in [2.75, 3.05) is 51.6 Å². The molecule has 0 spiro atoms. The van der Waals surface area contributed by atoms with Crippen molar-refractivity contribution in [3.8, 4) is 11.5 Å². The summed E-state index contributed by atoms with van der Waals surface area (Å²) in [6, 6.07) is 19.3. The molecule has 3 aliphatic rings. The third kappa shape index (κ3) is 9.09. The number of hydrogen-bond donors (Lipinski definition) is 2. The summed E-state index contributed by atoms with van der Waals surface area (Å²) in [5.41, 5.74) is 5.17. The Balaban J connectivity index is 0.862. The molecule has 7 rings (SSSR count). The van der Waals surface area contributed by atoms with Crippen LogP contribution in [0.3, 0.4) is 0 Å². The molecule has 2 N–H and O–H groups in total. The number of fused-ring (bicyclic) bond motifs is 1. The number of benzene rings is 3. The number of hydrogen-bond acceptors (Lipinski definition) is 10. The first-order valence-corrected chi connectivity index (χ1v) is 22.1. The summed E-state index contributed by atoms with van der Waals surface area (Å²) in [6.45, 7) is 7.11. The van der Waals surface area contributed by atoms with Crippen molar-refractivity contribution in [3.63, 3.8) is 0 Å². The average Bonchev–Trinajstić information content (AvgIpc) is 3.51. The van der Waals surface area contributed by atoms with Crippen LogP contribution in [0.25, 0.3) is 0 Å². The van der Waals surface area contributed by atoms with E-state index in [0.717, 1.165) is 72.3 Å². The number of imide groups is 1. The molecule has 1 unspecified atom stereocenters. The molecule has 0 saturated carbocycles. The Hall–Kier alpha value is -4.77. The van der Waals surface area contributed by atoms with Gasteiger partial charge in [-0.1, -0.05) is 41.9 Å². The molecule has 2 saturated heterocycles. The fourth-order valence-electron chi connectivity index (χ4n) is 7.82. The van der Waals surface area contributed by atoms with Gasteiger partial charge in [0.2, 0.25) is 11.8 Å². The van der Waals surface area contributed by atoms with Crippen LogP contribution in [0.15, 0.2) is 66.9 Å². The summed E-state index contributed by atoms with van der Waals surface area (Å²) in [6.07, 6.45) is 6.05. The molecular formula is C42H48ClN6O6P. The minimum atomic E-state index is -2.47. The number of amides is 3. The van der Waals surface area contributed by atoms with Gasteiger partial charge in [0.25, 0.3) is 5.91 Å². The number of nitrogens with one attached hydrogen (secondary N) is 2. The molecular weight excluding hydrogens is 751 g/mol. The summed E-state index contributed by atoms with van der Waals surface area (Å²) < 4.78 is 24.8. The molecule has 3 aromatic carbocycles. The number of piperidine rings is 2. The smallest absolute Gasteiger partial charge is 0.255 e. The van der Waals surface area contributed by atoms with Crippen LogP contribution in [0.5, 0.6) is 11.5 Å². The van der Waals surface area contributed by atoms with Crippen LogP contribution in [0.1, 0.15) is 70.7 Å². The third-order valence-corrected chi connectivity index (χ3v) is 12.7. The van der Waals surface area contributed by atoms with E-state index in [2.05, 4.69) is 38.7 Å². The Morgan fingerprint density at radius 3 is 2.55 bits per heavy atom. The first-order chi connectivity index (χ1) is 27.0. The standard InChI is InChI=1S/C42H48ClN6O6P/c1-54-37-24-31(10-9-27(37)23-39-45-25-34(43)35(46-39)22-28-7-4-5-8-38(28)56(2,3)53)48-18-15-30(16-19-48)44-17-6-20-55-32-11-12-33-29(21-32)26-49(42(33)52)36-13-14-40(50)47-41(36)51/h4-5,7-12,21,24-25,30,36,44H,6,13-20,22-23,26H2,1-3H3,(H,47,50,51). The lowest BCUT2D eigenvalue weighted by atomic mass is 10.0. The number of aromatic nitrogens is 2. The lowest BCUT2D eigenvalue weighted by molar-refractivity contribution is -0.136. The number of carbonyl (C=O) groups excluding carboxylic acids is 3. The molecule has 4 aromatic rings. The molecule has 14 heteroatoms. The van der Waals surface area contributed by atoms with Crippen LogP contribution >= 0.6 is 18.7 Å². The van der Waals surface area contributed by atoms with Crippen molar-refractivity contribution >= 4 is 47.5 Å². The zero-order valence-corrected chi connectivity index (χ0v) is 33.7. The van der Waals surface area contributed by atoms with Gasteiger partial charge < -0.3 is 29.2 Å². The normalized spacial score (nSPS) is 17.6. The van der Waals surface area contributed by atoms with Crippen molar-refractivity contribution in [1.29, 1.82) is 0 Å². The predicted octanol–water partition coefficient (Wildman–Crippen LogP) is 5.36. The minimum Gasteiger partial charge on any atom is -0.496 e. The van der Waals surface area contributed by atoms with Crippen LogP contribution in [0.2, 0.25) is 5.02 Å². The van der Waals surface area contributed by atoms with Crippen molar-refractivity contribution in [2.45, 2.75) is 63.6 Å². The number of ether oxygens (including phenoxy) is 2. The maximum absolute atomic E-state index is 13.0. The monoisotopic (exact) mass is 798 g/mol. The minimum absolute atomic E-state index is 0.187. The van der Waals surface area contributed by atoms with E-state index in [1.807, 2.05) is 30.3 Å². The molecule has 3 aliphatic heterocycles. The van der Waals surface area contributed by atoms with Gasteiger partial charge in [0.15, 0.2) is 0 Å². The second-order valence-electron chi connectivity index (χ2n) is 15.0. The van der Waals surface area contributed by atoms with Crippen molar-refractivity contribution < 1.29 is 28.4 Å². The van der Waals surface area contributed by atoms with Crippen LogP contribution in [0.4, 0.5) is 5.69 Å². The molecule has 1 atom stereocenters. The number of nitrogens with zero attached hydrogens (tertiary/aromatic N) is 4. The summed E-state index contributed by atoms with van der Waals surface area (Å²) in [5, 5.41) is 7.35. The lowest BCUT2D eigenvalue weighted by Gasteiger charge is -2.34. The maximum atomic E-state index is 13.0. The van der Waals surface area contributed by atoms with E-state index in [1.165, 1.54) is 0 Å². The van der Waals surface area contributed by atoms with Crippen molar-refractivity contribution in [2.24, 2.45) is 0 Å². The fraction of sp³-hybridized carbons (Fsp3) is 0.405. The van der Waals surface area contributed by atoms with E-state index in [1.54, 1.807) is 43.7 Å². The molecule has 0 aliphatic carbocycles. The van der Waals surface area contributed by atoms with Crippen LogP contribution in [-0.2, 0) is 33.5 Å². The number of methoxy groups -OCH3 is 1. The Morgan fingerprint density at radius 2 is 1.79 bits per heavy atom. The Bertz CT molecular complexity index is 2170. The molecule has 1 aromatic heterocycles. The molecule has 3 amide bonds. The number of carbonyl (C=O) groups is 3. The zero-order chi connectivity index (χ0) is 39.4. The Kier molecular flexibility index (Phi) is 12.1. The number of halogens is 1. The Morgan fingerprint density at radius 1 is 0.982 bits per heavy atom. The summed E-state index contributed by atoms with van der Waals surface area (Å²) in [5.74, 6) is 1.23. The van der Waals surface area contributed by atoms with Gasteiger partial charge in [-0.05, 0) is 81.0 Å². The second-order valence-corrected chi connectivity index (χ2v) is 18.6. The molecule has 294 valence electrons. The topological polar surface area (TPSA) is 143 Å². The summed E-state index contributed by atoms with van der Waals surface area (Å²) in [7, 11) is -0.785. The van der Waals surface area contributed by atoms with E-state index in [9.17, 15) is 18.9 Å². The average molecular weight is 799 g/mol. The van der Waals surface area contributed by atoms with Gasteiger partial charge in [0.05, 0.1) is 24.4 Å². The van der Waals surface area contributed by atoms with Gasteiger partial charge >= 0.3 is 0 Å². The molecule has 4 heterocycles. The van der Waals surface area contributed by atoms with Gasteiger partial charge in [-0.3, -0.25) is 19.7 Å². The SMILES string of the molecule is COc1cc(N2CCC(NCCCOc3ccc4c(c3)CN(C3CCC(=O)NC3=O)C4=O)CC2)ccc1Cc1ncc(Cl)c(Cc2ccccc2P(C)(C)=O)n1. The van der Waals surface area contributed by atoms with Crippen LogP contribution in [-0.4, -0.2) is 91.4 Å². The molecule has 0 bridgehead atoms. The summed E-state index contributed by atoms with van der Waals surface area (Å²) >= 11 is 6.55. The highest BCUT2D eigenvalue weighted by molar-refractivity contribution is 7.70. The van der Waals surface area contributed by atoms with Crippen LogP contribution < -0.4 is 30.3 Å². The van der Waals surface area contributed by atoms with E-state index in [0.29, 0.717) is 66.3 Å². The van der Waals surface area contributed by atoms with Crippen LogP contribution in [0, 0.1) is 0 Å². The highest BCUT2D eigenvalue weighted by Crippen LogP contribution is 2.37. The van der Waals surface area contributed by atoms with Crippen molar-refractivity contribution in [3.05, 3.63) is 106 Å². The fourth-order valence-corrected chi connectivity index (χ4v) is 9.26. The highest BCUT2D eigenvalue weighted by atomic mass is 35.5. The number of anilines is 1. The second kappa shape index (κ2) is 17.2. The maximum Gasteiger partial charge on any atom is 0.255 e. The van der Waals surface area contributed by atoms with Crippen molar-refractivity contribution in [1.82, 2.24) is 25.5 Å². The van der Waals surface area contributed by atoms with E-state index < -0.39 is 19.1 Å².